The van der Waals surface area contributed by atoms with Crippen molar-refractivity contribution in [1.29, 1.82) is 0 Å². The molecule has 6 heteroatoms. The Morgan fingerprint density at radius 2 is 1.73 bits per heavy atom. The maximum atomic E-state index is 12.8. The predicted molar refractivity (Wildman–Crippen MR) is 117 cm³/mol. The monoisotopic (exact) mass is 410 g/mol. The van der Waals surface area contributed by atoms with E-state index in [0.717, 1.165) is 5.56 Å². The van der Waals surface area contributed by atoms with Gasteiger partial charge in [0, 0.05) is 24.3 Å². The Morgan fingerprint density at radius 3 is 2.37 bits per heavy atom. The van der Waals surface area contributed by atoms with Gasteiger partial charge in [0.15, 0.2) is 6.61 Å². The first-order chi connectivity index (χ1) is 14.3. The molecule has 1 N–H and O–H groups in total. The van der Waals surface area contributed by atoms with E-state index in [1.165, 1.54) is 5.56 Å². The Morgan fingerprint density at radius 1 is 1.07 bits per heavy atom. The van der Waals surface area contributed by atoms with Gasteiger partial charge in [-0.05, 0) is 47.7 Å². The molecule has 6 nitrogen and oxygen atoms in total. The number of hydrogen-bond donors (Lipinski definition) is 1. The third kappa shape index (κ3) is 5.39. The average molecular weight is 411 g/mol. The van der Waals surface area contributed by atoms with Crippen LogP contribution in [0, 0.1) is 6.92 Å². The van der Waals surface area contributed by atoms with Gasteiger partial charge >= 0.3 is 0 Å². The van der Waals surface area contributed by atoms with Gasteiger partial charge in [-0.1, -0.05) is 39.0 Å². The number of carbonyl (C=O) groups excluding carboxylic acids is 2. The molecule has 160 valence electrons. The third-order valence-electron chi connectivity index (χ3n) is 5.23. The van der Waals surface area contributed by atoms with Crippen LogP contribution in [-0.2, 0) is 14.9 Å². The van der Waals surface area contributed by atoms with E-state index in [9.17, 15) is 9.59 Å². The molecule has 30 heavy (non-hydrogen) atoms. The minimum Gasteiger partial charge on any atom is -0.484 e. The zero-order valence-corrected chi connectivity index (χ0v) is 18.2. The van der Waals surface area contributed by atoms with Crippen LogP contribution >= 0.6 is 0 Å². The van der Waals surface area contributed by atoms with Gasteiger partial charge in [0.05, 0.1) is 13.2 Å². The maximum absolute atomic E-state index is 12.8. The van der Waals surface area contributed by atoms with Gasteiger partial charge in [0.2, 0.25) is 0 Å². The van der Waals surface area contributed by atoms with Crippen LogP contribution in [0.3, 0.4) is 0 Å². The normalized spacial score (nSPS) is 14.3. The molecule has 3 rings (SSSR count). The van der Waals surface area contributed by atoms with Crippen LogP contribution in [0.2, 0.25) is 0 Å². The molecule has 0 aromatic heterocycles. The number of nitrogens with one attached hydrogen (secondary N) is 1. The number of anilines is 1. The van der Waals surface area contributed by atoms with Crippen LogP contribution in [0.15, 0.2) is 42.5 Å². The second kappa shape index (κ2) is 9.30. The highest BCUT2D eigenvalue weighted by Crippen LogP contribution is 2.24. The Labute approximate surface area is 178 Å². The minimum absolute atomic E-state index is 0.0397. The number of nitrogens with zero attached hydrogens (tertiary/aromatic N) is 1. The molecule has 0 aliphatic carbocycles. The lowest BCUT2D eigenvalue weighted by molar-refractivity contribution is -0.118. The number of ether oxygens (including phenoxy) is 2. The number of hydrogen-bond acceptors (Lipinski definition) is 4. The van der Waals surface area contributed by atoms with Crippen molar-refractivity contribution in [2.75, 3.05) is 38.2 Å². The first-order valence-corrected chi connectivity index (χ1v) is 10.3. The molecule has 2 aromatic rings. The number of carbonyl (C=O) groups is 2. The van der Waals surface area contributed by atoms with Crippen molar-refractivity contribution in [3.8, 4) is 5.75 Å². The standard InChI is InChI=1S/C24H30N2O4/c1-17-20(23(28)26-12-14-29-15-13-26)6-5-7-21(17)25-22(27)16-30-19-10-8-18(9-11-19)24(2,3)4/h5-11H,12-16H2,1-4H3,(H,25,27). The SMILES string of the molecule is Cc1c(NC(=O)COc2ccc(C(C)(C)C)cc2)cccc1C(=O)N1CCOCC1. The summed E-state index contributed by atoms with van der Waals surface area (Å²) in [5, 5.41) is 2.85. The van der Waals surface area contributed by atoms with Crippen LogP contribution in [-0.4, -0.2) is 49.6 Å². The molecule has 0 radical (unpaired) electrons. The predicted octanol–water partition coefficient (Wildman–Crippen LogP) is 3.78. The molecule has 2 aromatic carbocycles. The van der Waals surface area contributed by atoms with Crippen molar-refractivity contribution in [1.82, 2.24) is 4.90 Å². The molecule has 2 amide bonds. The molecule has 1 saturated heterocycles. The molecular weight excluding hydrogens is 380 g/mol. The van der Waals surface area contributed by atoms with E-state index < -0.39 is 0 Å². The third-order valence-corrected chi connectivity index (χ3v) is 5.23. The molecule has 0 spiro atoms. The summed E-state index contributed by atoms with van der Waals surface area (Å²) in [5.41, 5.74) is 3.23. The number of morpholine rings is 1. The topological polar surface area (TPSA) is 67.9 Å². The minimum atomic E-state index is -0.269. The fraction of sp³-hybridized carbons (Fsp3) is 0.417. The molecule has 1 fully saturated rings. The largest absolute Gasteiger partial charge is 0.484 e. The summed E-state index contributed by atoms with van der Waals surface area (Å²) in [7, 11) is 0. The fourth-order valence-corrected chi connectivity index (χ4v) is 3.33. The van der Waals surface area contributed by atoms with Gasteiger partial charge in [-0.25, -0.2) is 0 Å². The summed E-state index contributed by atoms with van der Waals surface area (Å²) in [6.45, 7) is 10.5. The number of amides is 2. The van der Waals surface area contributed by atoms with E-state index in [0.29, 0.717) is 43.3 Å². The van der Waals surface area contributed by atoms with E-state index in [4.69, 9.17) is 9.47 Å². The Hall–Kier alpha value is -2.86. The van der Waals surface area contributed by atoms with E-state index in [1.807, 2.05) is 31.2 Å². The van der Waals surface area contributed by atoms with Gasteiger partial charge in [-0.15, -0.1) is 0 Å². The highest BCUT2D eigenvalue weighted by atomic mass is 16.5. The average Bonchev–Trinajstić information content (AvgIpc) is 2.73. The molecule has 0 saturated carbocycles. The first-order valence-electron chi connectivity index (χ1n) is 10.3. The highest BCUT2D eigenvalue weighted by molar-refractivity contribution is 5.99. The summed E-state index contributed by atoms with van der Waals surface area (Å²) in [6, 6.07) is 13.1. The van der Waals surface area contributed by atoms with Crippen molar-refractivity contribution >= 4 is 17.5 Å². The van der Waals surface area contributed by atoms with Gasteiger partial charge in [-0.2, -0.15) is 0 Å². The zero-order chi connectivity index (χ0) is 21.7. The summed E-state index contributed by atoms with van der Waals surface area (Å²) in [4.78, 5) is 27.0. The Balaban J connectivity index is 1.60. The lowest BCUT2D eigenvalue weighted by Gasteiger charge is -2.27. The molecule has 0 atom stereocenters. The van der Waals surface area contributed by atoms with Crippen molar-refractivity contribution in [2.24, 2.45) is 0 Å². The zero-order valence-electron chi connectivity index (χ0n) is 18.2. The van der Waals surface area contributed by atoms with Crippen molar-refractivity contribution in [3.05, 3.63) is 59.2 Å². The summed E-state index contributed by atoms with van der Waals surface area (Å²) >= 11 is 0. The highest BCUT2D eigenvalue weighted by Gasteiger charge is 2.21. The summed E-state index contributed by atoms with van der Waals surface area (Å²) in [5.74, 6) is 0.335. The number of benzene rings is 2. The fourth-order valence-electron chi connectivity index (χ4n) is 3.33. The van der Waals surface area contributed by atoms with Gasteiger partial charge in [0.25, 0.3) is 11.8 Å². The van der Waals surface area contributed by atoms with Gasteiger partial charge in [-0.3, -0.25) is 9.59 Å². The van der Waals surface area contributed by atoms with Crippen molar-refractivity contribution in [2.45, 2.75) is 33.1 Å². The van der Waals surface area contributed by atoms with E-state index >= 15 is 0 Å². The summed E-state index contributed by atoms with van der Waals surface area (Å²) < 4.78 is 10.9. The molecule has 1 aliphatic rings. The van der Waals surface area contributed by atoms with E-state index in [2.05, 4.69) is 26.1 Å². The summed E-state index contributed by atoms with van der Waals surface area (Å²) in [6.07, 6.45) is 0. The lowest BCUT2D eigenvalue weighted by atomic mass is 9.87. The van der Waals surface area contributed by atoms with E-state index in [1.54, 1.807) is 23.1 Å². The molecule has 0 bridgehead atoms. The number of rotatable bonds is 5. The van der Waals surface area contributed by atoms with Crippen LogP contribution in [0.5, 0.6) is 5.75 Å². The molecular formula is C24H30N2O4. The first kappa shape index (κ1) is 21.8. The smallest absolute Gasteiger partial charge is 0.262 e. The van der Waals surface area contributed by atoms with Gasteiger partial charge < -0.3 is 19.7 Å². The molecule has 1 heterocycles. The second-order valence-corrected chi connectivity index (χ2v) is 8.49. The van der Waals surface area contributed by atoms with E-state index in [-0.39, 0.29) is 23.8 Å². The van der Waals surface area contributed by atoms with Crippen molar-refractivity contribution < 1.29 is 19.1 Å². The van der Waals surface area contributed by atoms with Crippen LogP contribution in [0.4, 0.5) is 5.69 Å². The lowest BCUT2D eigenvalue weighted by Crippen LogP contribution is -2.41. The maximum Gasteiger partial charge on any atom is 0.262 e. The Bertz CT molecular complexity index is 894. The molecule has 1 aliphatic heterocycles. The van der Waals surface area contributed by atoms with Crippen LogP contribution < -0.4 is 10.1 Å². The van der Waals surface area contributed by atoms with Crippen LogP contribution in [0.1, 0.15) is 42.3 Å². The van der Waals surface area contributed by atoms with Crippen molar-refractivity contribution in [3.63, 3.8) is 0 Å². The molecule has 0 unspecified atom stereocenters. The quantitative estimate of drug-likeness (QED) is 0.815. The Kier molecular flexibility index (Phi) is 6.77. The van der Waals surface area contributed by atoms with Gasteiger partial charge in [0.1, 0.15) is 5.75 Å². The van der Waals surface area contributed by atoms with Crippen LogP contribution in [0.25, 0.3) is 0 Å². The second-order valence-electron chi connectivity index (χ2n) is 8.49.